The molecule has 0 aliphatic rings. The van der Waals surface area contributed by atoms with Crippen LogP contribution in [0.15, 0.2) is 36.5 Å². The van der Waals surface area contributed by atoms with Crippen LogP contribution in [0.1, 0.15) is 271 Å². The molecule has 0 spiro atoms. The lowest BCUT2D eigenvalue weighted by Gasteiger charge is -2.28. The number of likely N-dealkylation sites (N-methyl/N-ethyl adjacent to an activating group) is 1. The minimum Gasteiger partial charge on any atom is -0.756 e. The number of quaternary nitrogens is 1. The van der Waals surface area contributed by atoms with Gasteiger partial charge in [-0.1, -0.05) is 249 Å². The molecule has 0 rings (SSSR count). The molecular weight excluding hydrogens is 870 g/mol. The fourth-order valence-electron chi connectivity index (χ4n) is 8.26. The van der Waals surface area contributed by atoms with Gasteiger partial charge < -0.3 is 27.9 Å². The van der Waals surface area contributed by atoms with Crippen molar-refractivity contribution in [2.45, 2.75) is 277 Å². The van der Waals surface area contributed by atoms with Gasteiger partial charge in [0.15, 0.2) is 6.10 Å². The SMILES string of the molecule is CC/C=C\C/C=C\C/C=C\CCCCCC(=O)OC(COC(=O)CCCCCCCCCCCCCCCCCCCCCCCCCCCCCCCCC)COP(=O)([O-])OCC[N+](C)(C)C. The van der Waals surface area contributed by atoms with Gasteiger partial charge in [-0.15, -0.1) is 0 Å². The number of phosphoric ester groups is 1. The molecule has 0 heterocycles. The number of esters is 2. The van der Waals surface area contributed by atoms with Gasteiger partial charge in [0.05, 0.1) is 27.7 Å². The normalized spacial score (nSPS) is 13.6. The lowest BCUT2D eigenvalue weighted by atomic mass is 10.0. The van der Waals surface area contributed by atoms with E-state index in [9.17, 15) is 19.0 Å². The van der Waals surface area contributed by atoms with Crippen molar-refractivity contribution in [3.05, 3.63) is 36.5 Å². The van der Waals surface area contributed by atoms with Gasteiger partial charge in [0, 0.05) is 12.8 Å². The van der Waals surface area contributed by atoms with Crippen molar-refractivity contribution in [1.82, 2.24) is 0 Å². The summed E-state index contributed by atoms with van der Waals surface area (Å²) < 4.78 is 34.0. The minimum atomic E-state index is -4.64. The molecule has 0 radical (unpaired) electrons. The molecule has 2 unspecified atom stereocenters. The van der Waals surface area contributed by atoms with E-state index in [1.165, 1.54) is 180 Å². The Balaban J connectivity index is 3.98. The van der Waals surface area contributed by atoms with Gasteiger partial charge in [-0.05, 0) is 44.9 Å². The Morgan fingerprint density at radius 1 is 0.471 bits per heavy atom. The zero-order chi connectivity index (χ0) is 49.9. The largest absolute Gasteiger partial charge is 0.756 e. The minimum absolute atomic E-state index is 0.0357. The average Bonchev–Trinajstić information content (AvgIpc) is 3.30. The quantitative estimate of drug-likeness (QED) is 0.0195. The standard InChI is InChI=1S/C58H110NO8P/c1-6-8-10-12-14-16-18-20-21-22-23-24-25-26-27-28-29-30-31-32-33-34-35-36-37-39-40-42-44-46-48-50-57(60)64-54-56(55-66-68(62,63)65-53-52-59(3,4)5)67-58(61)51-49-47-45-43-41-38-19-17-15-13-11-9-7-2/h9,11,15,17,38,41,56H,6-8,10,12-14,16,18-37,39-40,42-55H2,1-5H3/b11-9-,17-15-,41-38-. The highest BCUT2D eigenvalue weighted by atomic mass is 31.2. The fourth-order valence-corrected chi connectivity index (χ4v) is 8.99. The van der Waals surface area contributed by atoms with Crippen LogP contribution in [0, 0.1) is 0 Å². The third kappa shape index (κ3) is 53.6. The number of unbranched alkanes of at least 4 members (excludes halogenated alkanes) is 33. The molecule has 10 heteroatoms. The van der Waals surface area contributed by atoms with Crippen LogP contribution in [0.5, 0.6) is 0 Å². The Hall–Kier alpha value is -1.77. The molecule has 9 nitrogen and oxygen atoms in total. The summed E-state index contributed by atoms with van der Waals surface area (Å²) in [6.07, 6.45) is 60.8. The summed E-state index contributed by atoms with van der Waals surface area (Å²) in [7, 11) is 1.15. The first-order chi connectivity index (χ1) is 33.0. The van der Waals surface area contributed by atoms with Crippen LogP contribution in [0.25, 0.3) is 0 Å². The fraction of sp³-hybridized carbons (Fsp3) is 0.862. The summed E-state index contributed by atoms with van der Waals surface area (Å²) in [5, 5.41) is 0. The number of allylic oxidation sites excluding steroid dienone is 6. The monoisotopic (exact) mass is 980 g/mol. The molecule has 0 aromatic heterocycles. The maximum Gasteiger partial charge on any atom is 0.306 e. The summed E-state index contributed by atoms with van der Waals surface area (Å²) in [6, 6.07) is 0. The van der Waals surface area contributed by atoms with Crippen LogP contribution in [0.4, 0.5) is 0 Å². The van der Waals surface area contributed by atoms with Gasteiger partial charge in [-0.2, -0.15) is 0 Å². The Morgan fingerprint density at radius 3 is 1.25 bits per heavy atom. The van der Waals surface area contributed by atoms with E-state index in [0.717, 1.165) is 57.8 Å². The second-order valence-electron chi connectivity index (χ2n) is 20.6. The van der Waals surface area contributed by atoms with Gasteiger partial charge in [0.2, 0.25) is 0 Å². The molecule has 0 bridgehead atoms. The molecule has 68 heavy (non-hydrogen) atoms. The number of phosphoric acid groups is 1. The molecular formula is C58H110NO8P. The van der Waals surface area contributed by atoms with Crippen molar-refractivity contribution < 1.29 is 42.1 Å². The predicted octanol–water partition coefficient (Wildman–Crippen LogP) is 17.0. The van der Waals surface area contributed by atoms with Gasteiger partial charge in [-0.3, -0.25) is 14.2 Å². The zero-order valence-electron chi connectivity index (χ0n) is 45.3. The Morgan fingerprint density at radius 2 is 0.838 bits per heavy atom. The summed E-state index contributed by atoms with van der Waals surface area (Å²) >= 11 is 0. The molecule has 400 valence electrons. The van der Waals surface area contributed by atoms with Crippen molar-refractivity contribution >= 4 is 19.8 Å². The molecule has 0 aromatic carbocycles. The first-order valence-electron chi connectivity index (χ1n) is 28.7. The number of hydrogen-bond donors (Lipinski definition) is 0. The maximum atomic E-state index is 12.7. The highest BCUT2D eigenvalue weighted by Crippen LogP contribution is 2.38. The summed E-state index contributed by atoms with van der Waals surface area (Å²) in [5.41, 5.74) is 0. The van der Waals surface area contributed by atoms with Crippen molar-refractivity contribution in [2.75, 3.05) is 47.5 Å². The first kappa shape index (κ1) is 66.2. The molecule has 0 saturated carbocycles. The topological polar surface area (TPSA) is 111 Å². The Labute approximate surface area is 421 Å². The zero-order valence-corrected chi connectivity index (χ0v) is 46.2. The molecule has 0 amide bonds. The number of rotatable bonds is 53. The highest BCUT2D eigenvalue weighted by molar-refractivity contribution is 7.45. The lowest BCUT2D eigenvalue weighted by Crippen LogP contribution is -2.37. The Bertz CT molecular complexity index is 1250. The van der Waals surface area contributed by atoms with Crippen LogP contribution in [-0.2, 0) is 32.7 Å². The van der Waals surface area contributed by atoms with Crippen molar-refractivity contribution in [3.63, 3.8) is 0 Å². The average molecular weight is 980 g/mol. The van der Waals surface area contributed by atoms with Crippen LogP contribution in [0.2, 0.25) is 0 Å². The number of hydrogen-bond acceptors (Lipinski definition) is 8. The lowest BCUT2D eigenvalue weighted by molar-refractivity contribution is -0.870. The van der Waals surface area contributed by atoms with E-state index in [1.807, 2.05) is 21.1 Å². The van der Waals surface area contributed by atoms with Crippen molar-refractivity contribution in [3.8, 4) is 0 Å². The number of ether oxygens (including phenoxy) is 2. The van der Waals surface area contributed by atoms with E-state index < -0.39 is 26.5 Å². The van der Waals surface area contributed by atoms with E-state index in [4.69, 9.17) is 18.5 Å². The molecule has 0 aliphatic carbocycles. The second kappa shape index (κ2) is 50.2. The number of carbonyl (C=O) groups excluding carboxylic acids is 2. The first-order valence-corrected chi connectivity index (χ1v) is 30.2. The maximum absolute atomic E-state index is 12.7. The third-order valence-electron chi connectivity index (χ3n) is 12.7. The number of nitrogens with zero attached hydrogens (tertiary/aromatic N) is 1. The molecule has 0 aliphatic heterocycles. The number of carbonyl (C=O) groups is 2. The van der Waals surface area contributed by atoms with Crippen LogP contribution < -0.4 is 4.89 Å². The van der Waals surface area contributed by atoms with Gasteiger partial charge in [0.1, 0.15) is 19.8 Å². The predicted molar refractivity (Wildman–Crippen MR) is 287 cm³/mol. The highest BCUT2D eigenvalue weighted by Gasteiger charge is 2.21. The van der Waals surface area contributed by atoms with Crippen molar-refractivity contribution in [2.24, 2.45) is 0 Å². The van der Waals surface area contributed by atoms with Crippen LogP contribution >= 0.6 is 7.82 Å². The van der Waals surface area contributed by atoms with Crippen molar-refractivity contribution in [1.29, 1.82) is 0 Å². The van der Waals surface area contributed by atoms with E-state index in [0.29, 0.717) is 17.4 Å². The molecule has 2 atom stereocenters. The van der Waals surface area contributed by atoms with Crippen LogP contribution in [0.3, 0.4) is 0 Å². The Kier molecular flexibility index (Phi) is 48.9. The van der Waals surface area contributed by atoms with E-state index >= 15 is 0 Å². The summed E-state index contributed by atoms with van der Waals surface area (Å²) in [6.45, 7) is 4.12. The van der Waals surface area contributed by atoms with E-state index in [1.54, 1.807) is 0 Å². The van der Waals surface area contributed by atoms with Crippen LogP contribution in [-0.4, -0.2) is 70.0 Å². The van der Waals surface area contributed by atoms with Gasteiger partial charge >= 0.3 is 11.9 Å². The van der Waals surface area contributed by atoms with E-state index in [-0.39, 0.29) is 32.0 Å². The molecule has 0 aromatic rings. The third-order valence-corrected chi connectivity index (χ3v) is 13.6. The summed E-state index contributed by atoms with van der Waals surface area (Å²) in [4.78, 5) is 37.7. The van der Waals surface area contributed by atoms with E-state index in [2.05, 4.69) is 50.3 Å². The molecule has 0 saturated heterocycles. The van der Waals surface area contributed by atoms with Gasteiger partial charge in [-0.25, -0.2) is 0 Å². The molecule has 0 fully saturated rings. The molecule has 0 N–H and O–H groups in total. The van der Waals surface area contributed by atoms with Gasteiger partial charge in [0.25, 0.3) is 7.82 Å². The summed E-state index contributed by atoms with van der Waals surface area (Å²) in [5.74, 6) is -0.858. The smallest absolute Gasteiger partial charge is 0.306 e. The second-order valence-corrected chi connectivity index (χ2v) is 22.0.